The number of ether oxygens (including phenoxy) is 2. The molecule has 4 rings (SSSR count). The van der Waals surface area contributed by atoms with Crippen LogP contribution < -0.4 is 4.74 Å². The van der Waals surface area contributed by atoms with E-state index in [0.29, 0.717) is 34.9 Å². The van der Waals surface area contributed by atoms with E-state index in [1.807, 2.05) is 54.6 Å². The molecule has 0 spiro atoms. The average Bonchev–Trinajstić information content (AvgIpc) is 3.17. The fraction of sp³-hybridized carbons (Fsp3) is 0.0909. The summed E-state index contributed by atoms with van der Waals surface area (Å²) < 4.78 is 16.7. The molecule has 0 aliphatic rings. The number of aromatic nitrogens is 1. The number of fused-ring (bicyclic) bond motifs is 1. The van der Waals surface area contributed by atoms with E-state index < -0.39 is 5.97 Å². The quantitative estimate of drug-likeness (QED) is 0.476. The zero-order chi connectivity index (χ0) is 18.6. The summed E-state index contributed by atoms with van der Waals surface area (Å²) in [6, 6.07) is 22.6. The molecule has 4 aromatic rings. The summed E-state index contributed by atoms with van der Waals surface area (Å²) in [4.78, 5) is 16.5. The molecule has 0 aliphatic carbocycles. The van der Waals surface area contributed by atoms with Crippen LogP contribution >= 0.6 is 0 Å². The van der Waals surface area contributed by atoms with Gasteiger partial charge in [0.15, 0.2) is 5.58 Å². The number of carbonyl (C=O) groups excluding carboxylic acids is 1. The maximum atomic E-state index is 12.0. The standard InChI is InChI=1S/C22H17NO4/c1-25-22(24)17-11-7-13-19-20(17)23-21(27-19)16-10-5-6-12-18(16)26-14-15-8-3-2-4-9-15/h2-13H,14H2,1H3. The summed E-state index contributed by atoms with van der Waals surface area (Å²) in [5, 5.41) is 0. The number of benzene rings is 3. The summed E-state index contributed by atoms with van der Waals surface area (Å²) in [6.07, 6.45) is 0. The van der Waals surface area contributed by atoms with Crippen molar-refractivity contribution in [3.05, 3.63) is 83.9 Å². The highest BCUT2D eigenvalue weighted by Crippen LogP contribution is 2.33. The van der Waals surface area contributed by atoms with Crippen LogP contribution in [0.5, 0.6) is 5.75 Å². The van der Waals surface area contributed by atoms with E-state index in [4.69, 9.17) is 13.9 Å². The molecule has 0 amide bonds. The first-order valence-corrected chi connectivity index (χ1v) is 8.50. The lowest BCUT2D eigenvalue weighted by atomic mass is 10.2. The smallest absolute Gasteiger partial charge is 0.340 e. The largest absolute Gasteiger partial charge is 0.488 e. The number of methoxy groups -OCH3 is 1. The average molecular weight is 359 g/mol. The fourth-order valence-electron chi connectivity index (χ4n) is 2.84. The normalized spacial score (nSPS) is 10.7. The highest BCUT2D eigenvalue weighted by atomic mass is 16.5. The summed E-state index contributed by atoms with van der Waals surface area (Å²) in [7, 11) is 1.34. The van der Waals surface area contributed by atoms with Crippen molar-refractivity contribution in [3.8, 4) is 17.2 Å². The molecule has 0 aliphatic heterocycles. The third-order valence-electron chi connectivity index (χ3n) is 4.18. The lowest BCUT2D eigenvalue weighted by Crippen LogP contribution is -2.01. The van der Waals surface area contributed by atoms with Gasteiger partial charge in [0.2, 0.25) is 5.89 Å². The Morgan fingerprint density at radius 3 is 2.56 bits per heavy atom. The predicted octanol–water partition coefficient (Wildman–Crippen LogP) is 4.86. The van der Waals surface area contributed by atoms with Gasteiger partial charge in [0.05, 0.1) is 18.2 Å². The molecule has 0 atom stereocenters. The second-order valence-corrected chi connectivity index (χ2v) is 5.93. The predicted molar refractivity (Wildman–Crippen MR) is 102 cm³/mol. The van der Waals surface area contributed by atoms with Gasteiger partial charge in [-0.05, 0) is 29.8 Å². The molecule has 3 aromatic carbocycles. The maximum absolute atomic E-state index is 12.0. The van der Waals surface area contributed by atoms with Crippen LogP contribution in [0.2, 0.25) is 0 Å². The Labute approximate surface area is 156 Å². The Kier molecular flexibility index (Phi) is 4.58. The van der Waals surface area contributed by atoms with Crippen LogP contribution in [0.3, 0.4) is 0 Å². The Balaban J connectivity index is 1.70. The van der Waals surface area contributed by atoms with Gasteiger partial charge in [-0.2, -0.15) is 0 Å². The minimum atomic E-state index is -0.450. The first-order valence-electron chi connectivity index (χ1n) is 8.50. The van der Waals surface area contributed by atoms with E-state index in [1.54, 1.807) is 18.2 Å². The Bertz CT molecular complexity index is 1090. The van der Waals surface area contributed by atoms with E-state index >= 15 is 0 Å². The van der Waals surface area contributed by atoms with E-state index in [1.165, 1.54) is 7.11 Å². The molecule has 0 saturated carbocycles. The van der Waals surface area contributed by atoms with Crippen LogP contribution in [0, 0.1) is 0 Å². The third-order valence-corrected chi connectivity index (χ3v) is 4.18. The summed E-state index contributed by atoms with van der Waals surface area (Å²) >= 11 is 0. The van der Waals surface area contributed by atoms with Crippen molar-refractivity contribution >= 4 is 17.1 Å². The van der Waals surface area contributed by atoms with Crippen LogP contribution in [0.15, 0.2) is 77.2 Å². The van der Waals surface area contributed by atoms with Gasteiger partial charge in [0.25, 0.3) is 0 Å². The third kappa shape index (κ3) is 3.40. The number of para-hydroxylation sites is 2. The van der Waals surface area contributed by atoms with Gasteiger partial charge in [0.1, 0.15) is 17.9 Å². The first kappa shape index (κ1) is 16.8. The van der Waals surface area contributed by atoms with Gasteiger partial charge in [0, 0.05) is 0 Å². The van der Waals surface area contributed by atoms with Gasteiger partial charge < -0.3 is 13.9 Å². The van der Waals surface area contributed by atoms with Gasteiger partial charge in [-0.25, -0.2) is 9.78 Å². The Morgan fingerprint density at radius 2 is 1.74 bits per heavy atom. The molecule has 0 fully saturated rings. The molecular formula is C22H17NO4. The molecule has 0 bridgehead atoms. The van der Waals surface area contributed by atoms with Crippen molar-refractivity contribution in [2.45, 2.75) is 6.61 Å². The van der Waals surface area contributed by atoms with E-state index in [-0.39, 0.29) is 0 Å². The SMILES string of the molecule is COC(=O)c1cccc2oc(-c3ccccc3OCc3ccccc3)nc12. The van der Waals surface area contributed by atoms with E-state index in [9.17, 15) is 4.79 Å². The lowest BCUT2D eigenvalue weighted by Gasteiger charge is -2.09. The molecule has 1 heterocycles. The number of hydrogen-bond acceptors (Lipinski definition) is 5. The van der Waals surface area contributed by atoms with Crippen LogP contribution in [-0.4, -0.2) is 18.1 Å². The van der Waals surface area contributed by atoms with Crippen molar-refractivity contribution in [2.75, 3.05) is 7.11 Å². The zero-order valence-corrected chi connectivity index (χ0v) is 14.7. The molecule has 0 unspecified atom stereocenters. The minimum Gasteiger partial charge on any atom is -0.488 e. The van der Waals surface area contributed by atoms with Crippen LogP contribution in [0.25, 0.3) is 22.6 Å². The van der Waals surface area contributed by atoms with Gasteiger partial charge in [-0.3, -0.25) is 0 Å². The monoisotopic (exact) mass is 359 g/mol. The molecule has 0 saturated heterocycles. The number of carbonyl (C=O) groups is 1. The number of hydrogen-bond donors (Lipinski definition) is 0. The van der Waals surface area contributed by atoms with Crippen molar-refractivity contribution in [1.82, 2.24) is 4.98 Å². The molecule has 5 nitrogen and oxygen atoms in total. The molecule has 0 radical (unpaired) electrons. The summed E-state index contributed by atoms with van der Waals surface area (Å²) in [6.45, 7) is 0.436. The van der Waals surface area contributed by atoms with Crippen LogP contribution in [0.1, 0.15) is 15.9 Å². The molecule has 5 heteroatoms. The maximum Gasteiger partial charge on any atom is 0.340 e. The van der Waals surface area contributed by atoms with Crippen molar-refractivity contribution in [2.24, 2.45) is 0 Å². The first-order chi connectivity index (χ1) is 13.3. The fourth-order valence-corrected chi connectivity index (χ4v) is 2.84. The zero-order valence-electron chi connectivity index (χ0n) is 14.7. The number of oxazole rings is 1. The Morgan fingerprint density at radius 1 is 0.963 bits per heavy atom. The van der Waals surface area contributed by atoms with Crippen molar-refractivity contribution < 1.29 is 18.7 Å². The van der Waals surface area contributed by atoms with Gasteiger partial charge >= 0.3 is 5.97 Å². The number of rotatable bonds is 5. The van der Waals surface area contributed by atoms with Gasteiger partial charge in [-0.15, -0.1) is 0 Å². The summed E-state index contributed by atoms with van der Waals surface area (Å²) in [5.74, 6) is 0.603. The molecular weight excluding hydrogens is 342 g/mol. The second-order valence-electron chi connectivity index (χ2n) is 5.93. The second kappa shape index (κ2) is 7.33. The number of nitrogens with zero attached hydrogens (tertiary/aromatic N) is 1. The van der Waals surface area contributed by atoms with Gasteiger partial charge in [-0.1, -0.05) is 48.5 Å². The van der Waals surface area contributed by atoms with Crippen LogP contribution in [-0.2, 0) is 11.3 Å². The topological polar surface area (TPSA) is 61.6 Å². The highest BCUT2D eigenvalue weighted by molar-refractivity contribution is 6.01. The molecule has 0 N–H and O–H groups in total. The van der Waals surface area contributed by atoms with E-state index in [2.05, 4.69) is 4.98 Å². The summed E-state index contributed by atoms with van der Waals surface area (Å²) in [5.41, 5.74) is 3.15. The van der Waals surface area contributed by atoms with Crippen molar-refractivity contribution in [3.63, 3.8) is 0 Å². The van der Waals surface area contributed by atoms with Crippen molar-refractivity contribution in [1.29, 1.82) is 0 Å². The van der Waals surface area contributed by atoms with Crippen LogP contribution in [0.4, 0.5) is 0 Å². The highest BCUT2D eigenvalue weighted by Gasteiger charge is 2.18. The molecule has 1 aromatic heterocycles. The molecule has 134 valence electrons. The lowest BCUT2D eigenvalue weighted by molar-refractivity contribution is 0.0602. The van der Waals surface area contributed by atoms with E-state index in [0.717, 1.165) is 11.1 Å². The Hall–Kier alpha value is -3.60. The minimum absolute atomic E-state index is 0.368. The molecule has 27 heavy (non-hydrogen) atoms. The number of esters is 1.